The van der Waals surface area contributed by atoms with Crippen molar-refractivity contribution in [2.24, 2.45) is 0 Å². The van der Waals surface area contributed by atoms with E-state index in [-0.39, 0.29) is 20.1 Å². The van der Waals surface area contributed by atoms with E-state index in [4.69, 9.17) is 9.97 Å². The van der Waals surface area contributed by atoms with Gasteiger partial charge in [-0.25, -0.2) is 9.97 Å². The van der Waals surface area contributed by atoms with Crippen molar-refractivity contribution in [3.63, 3.8) is 0 Å². The molecule has 0 bridgehead atoms. The minimum atomic E-state index is 0. The first-order valence-corrected chi connectivity index (χ1v) is 17.4. The molecule has 0 saturated heterocycles. The topological polar surface area (TPSA) is 25.8 Å². The summed E-state index contributed by atoms with van der Waals surface area (Å²) in [5.74, 6) is 1.34. The summed E-state index contributed by atoms with van der Waals surface area (Å²) in [5, 5.41) is 2.53. The Bertz CT molecular complexity index is 1870. The summed E-state index contributed by atoms with van der Waals surface area (Å²) in [6, 6.07) is 35.0. The second kappa shape index (κ2) is 14.6. The Balaban J connectivity index is 0.000000161. The molecule has 0 N–H and O–H groups in total. The van der Waals surface area contributed by atoms with Crippen LogP contribution in [0.2, 0.25) is 0 Å². The maximum absolute atomic E-state index is 5.09. The van der Waals surface area contributed by atoms with Crippen LogP contribution < -0.4 is 0 Å². The average molecular weight is 795 g/mol. The molecule has 4 aromatic carbocycles. The zero-order chi connectivity index (χ0) is 31.6. The number of aromatic nitrogens is 2. The third-order valence-electron chi connectivity index (χ3n) is 10.8. The first kappa shape index (κ1) is 33.3. The Morgan fingerprint density at radius 3 is 1.26 bits per heavy atom. The Kier molecular flexibility index (Phi) is 10.4. The number of nitrogens with zero attached hydrogens (tertiary/aromatic N) is 2. The minimum absolute atomic E-state index is 0. The number of hydrogen-bond acceptors (Lipinski definition) is 2. The molecular formula is C44H46IrN2+3. The molecule has 238 valence electrons. The molecule has 0 radical (unpaired) electrons. The molecule has 2 aliphatic carbocycles. The molecule has 6 aromatic rings. The van der Waals surface area contributed by atoms with Crippen LogP contribution in [0.5, 0.6) is 0 Å². The molecule has 2 saturated carbocycles. The fourth-order valence-electron chi connectivity index (χ4n) is 7.81. The van der Waals surface area contributed by atoms with Gasteiger partial charge in [0.1, 0.15) is 0 Å². The summed E-state index contributed by atoms with van der Waals surface area (Å²) in [6.45, 7) is 8.82. The van der Waals surface area contributed by atoms with E-state index in [0.29, 0.717) is 11.8 Å². The summed E-state index contributed by atoms with van der Waals surface area (Å²) < 4.78 is 0. The van der Waals surface area contributed by atoms with Crippen molar-refractivity contribution in [2.75, 3.05) is 0 Å². The average Bonchev–Trinajstić information content (AvgIpc) is 3.82. The molecule has 0 atom stereocenters. The van der Waals surface area contributed by atoms with E-state index < -0.39 is 0 Å². The summed E-state index contributed by atoms with van der Waals surface area (Å²) in [7, 11) is 0. The molecule has 47 heavy (non-hydrogen) atoms. The zero-order valence-corrected chi connectivity index (χ0v) is 30.7. The van der Waals surface area contributed by atoms with Gasteiger partial charge in [-0.1, -0.05) is 98.5 Å². The van der Waals surface area contributed by atoms with E-state index in [1.165, 1.54) is 118 Å². The summed E-state index contributed by atoms with van der Waals surface area (Å²) in [4.78, 5) is 10.2. The Labute approximate surface area is 294 Å². The van der Waals surface area contributed by atoms with Crippen molar-refractivity contribution >= 4 is 21.8 Å². The number of aryl methyl sites for hydroxylation is 2. The summed E-state index contributed by atoms with van der Waals surface area (Å²) in [5.41, 5.74) is 15.5. The largest absolute Gasteiger partial charge is 3.00 e. The number of para-hydroxylation sites is 2. The minimum Gasteiger partial charge on any atom is -0.247 e. The third-order valence-corrected chi connectivity index (χ3v) is 10.8. The van der Waals surface area contributed by atoms with Crippen molar-refractivity contribution in [1.82, 2.24) is 9.97 Å². The Morgan fingerprint density at radius 1 is 0.468 bits per heavy atom. The molecular weight excluding hydrogens is 749 g/mol. The molecule has 0 aliphatic heterocycles. The molecule has 2 aromatic heterocycles. The van der Waals surface area contributed by atoms with Gasteiger partial charge < -0.3 is 0 Å². The monoisotopic (exact) mass is 795 g/mol. The Morgan fingerprint density at radius 2 is 0.851 bits per heavy atom. The van der Waals surface area contributed by atoms with Crippen LogP contribution in [0.15, 0.2) is 97.1 Å². The summed E-state index contributed by atoms with van der Waals surface area (Å²) >= 11 is 0. The number of hydrogen-bond donors (Lipinski definition) is 0. The van der Waals surface area contributed by atoms with E-state index >= 15 is 0 Å². The molecule has 2 aliphatic rings. The molecule has 0 spiro atoms. The van der Waals surface area contributed by atoms with Crippen LogP contribution in [0.1, 0.15) is 96.6 Å². The second-order valence-corrected chi connectivity index (χ2v) is 13.7. The van der Waals surface area contributed by atoms with Gasteiger partial charge >= 0.3 is 20.1 Å². The Hall–Kier alpha value is -3.65. The molecule has 2 nitrogen and oxygen atoms in total. The van der Waals surface area contributed by atoms with Crippen molar-refractivity contribution in [1.29, 1.82) is 0 Å². The SMILES string of the molecule is Cc1cccc(-c2nc3ccccc3cc2C2CCCC2)c1C.Cc1cccc(-c2nc3ccccc3cc2C2CCCC2)c1C.[Ir+3]. The predicted molar refractivity (Wildman–Crippen MR) is 196 cm³/mol. The van der Waals surface area contributed by atoms with Crippen LogP contribution in [0.3, 0.4) is 0 Å². The van der Waals surface area contributed by atoms with Crippen LogP contribution in [-0.2, 0) is 20.1 Å². The fraction of sp³-hybridized carbons (Fsp3) is 0.318. The van der Waals surface area contributed by atoms with Gasteiger partial charge in [0.2, 0.25) is 0 Å². The molecule has 0 amide bonds. The standard InChI is InChI=1S/2C22H23N.Ir/c2*1-15-8-7-12-19(16(15)2)22-20(17-9-3-4-10-17)14-18-11-5-6-13-21(18)23-22;/h2*5-8,11-14,17H,3-4,9-10H2,1-2H3;/q;;+3. The van der Waals surface area contributed by atoms with Crippen LogP contribution in [0, 0.1) is 27.7 Å². The van der Waals surface area contributed by atoms with E-state index in [9.17, 15) is 0 Å². The zero-order valence-electron chi connectivity index (χ0n) is 28.3. The van der Waals surface area contributed by atoms with E-state index in [2.05, 4.69) is 125 Å². The third kappa shape index (κ3) is 6.85. The van der Waals surface area contributed by atoms with Crippen LogP contribution in [-0.4, -0.2) is 9.97 Å². The molecule has 8 rings (SSSR count). The number of rotatable bonds is 4. The normalized spacial score (nSPS) is 15.1. The van der Waals surface area contributed by atoms with Gasteiger partial charge in [0.15, 0.2) is 0 Å². The van der Waals surface area contributed by atoms with Crippen molar-refractivity contribution in [3.05, 3.63) is 130 Å². The van der Waals surface area contributed by atoms with Gasteiger partial charge in [-0.2, -0.15) is 0 Å². The van der Waals surface area contributed by atoms with Crippen LogP contribution in [0.4, 0.5) is 0 Å². The van der Waals surface area contributed by atoms with Crippen molar-refractivity contribution in [2.45, 2.75) is 90.9 Å². The maximum Gasteiger partial charge on any atom is 3.00 e. The quantitative estimate of drug-likeness (QED) is 0.178. The van der Waals surface area contributed by atoms with E-state index in [1.807, 2.05) is 0 Å². The second-order valence-electron chi connectivity index (χ2n) is 13.7. The molecule has 2 fully saturated rings. The first-order valence-electron chi connectivity index (χ1n) is 17.4. The number of benzene rings is 4. The molecule has 0 unspecified atom stereocenters. The van der Waals surface area contributed by atoms with Gasteiger partial charge in [-0.15, -0.1) is 0 Å². The van der Waals surface area contributed by atoms with Gasteiger partial charge in [0, 0.05) is 21.9 Å². The van der Waals surface area contributed by atoms with Crippen molar-refractivity contribution < 1.29 is 20.1 Å². The van der Waals surface area contributed by atoms with E-state index in [0.717, 1.165) is 11.0 Å². The fourth-order valence-corrected chi connectivity index (χ4v) is 7.81. The van der Waals surface area contributed by atoms with Gasteiger partial charge in [-0.3, -0.25) is 0 Å². The maximum atomic E-state index is 5.09. The molecule has 2 heterocycles. The predicted octanol–water partition coefficient (Wildman–Crippen LogP) is 12.3. The van der Waals surface area contributed by atoms with Gasteiger partial charge in [0.05, 0.1) is 22.4 Å². The number of pyridine rings is 2. The van der Waals surface area contributed by atoms with Crippen LogP contribution in [0.25, 0.3) is 44.3 Å². The van der Waals surface area contributed by atoms with Crippen molar-refractivity contribution in [3.8, 4) is 22.5 Å². The summed E-state index contributed by atoms with van der Waals surface area (Å²) in [6.07, 6.45) is 10.6. The van der Waals surface area contributed by atoms with E-state index in [1.54, 1.807) is 0 Å². The first-order chi connectivity index (χ1) is 22.5. The van der Waals surface area contributed by atoms with Gasteiger partial charge in [0.25, 0.3) is 0 Å². The number of fused-ring (bicyclic) bond motifs is 2. The van der Waals surface area contributed by atoms with Crippen LogP contribution >= 0.6 is 0 Å². The molecule has 3 heteroatoms. The smallest absolute Gasteiger partial charge is 0.247 e. The van der Waals surface area contributed by atoms with Gasteiger partial charge in [-0.05, 0) is 123 Å².